The molecule has 0 N–H and O–H groups in total. The van der Waals surface area contributed by atoms with Crippen molar-refractivity contribution in [2.75, 3.05) is 0 Å². The zero-order valence-electron chi connectivity index (χ0n) is 7.49. The van der Waals surface area contributed by atoms with Gasteiger partial charge >= 0.3 is 0 Å². The minimum atomic E-state index is -1.32. The highest BCUT2D eigenvalue weighted by molar-refractivity contribution is 6.32. The van der Waals surface area contributed by atoms with E-state index in [1.165, 1.54) is 20.0 Å². The summed E-state index contributed by atoms with van der Waals surface area (Å²) in [5.41, 5.74) is -1.07. The lowest BCUT2D eigenvalue weighted by atomic mass is 9.99. The molecule has 0 aliphatic carbocycles. The van der Waals surface area contributed by atoms with E-state index in [-0.39, 0.29) is 16.0 Å². The molecule has 0 bridgehead atoms. The molecule has 14 heavy (non-hydrogen) atoms. The number of aromatic nitrogens is 2. The predicted octanol–water partition coefficient (Wildman–Crippen LogP) is 2.30. The van der Waals surface area contributed by atoms with Crippen molar-refractivity contribution in [2.45, 2.75) is 19.4 Å². The Morgan fingerprint density at radius 1 is 1.50 bits per heavy atom. The number of halogens is 2. The molecular weight excluding hydrogens is 229 g/mol. The van der Waals surface area contributed by atoms with Gasteiger partial charge in [-0.15, -0.1) is 0 Å². The lowest BCUT2D eigenvalue weighted by Gasteiger charge is -2.15. The molecule has 0 aliphatic rings. The van der Waals surface area contributed by atoms with Gasteiger partial charge in [0.05, 0.1) is 5.56 Å². The van der Waals surface area contributed by atoms with Gasteiger partial charge in [0.15, 0.2) is 0 Å². The van der Waals surface area contributed by atoms with Crippen LogP contribution in [0.5, 0.6) is 0 Å². The molecule has 76 valence electrons. The second kappa shape index (κ2) is 3.67. The number of rotatable bonds is 2. The number of hydrogen-bond donors (Lipinski definition) is 0. The van der Waals surface area contributed by atoms with Gasteiger partial charge in [0.25, 0.3) is 0 Å². The first kappa shape index (κ1) is 11.1. The van der Waals surface area contributed by atoms with Gasteiger partial charge in [0.1, 0.15) is 5.15 Å². The van der Waals surface area contributed by atoms with Gasteiger partial charge in [-0.1, -0.05) is 11.6 Å². The van der Waals surface area contributed by atoms with Crippen LogP contribution >= 0.6 is 23.2 Å². The Morgan fingerprint density at radius 2 is 2.07 bits per heavy atom. The molecule has 0 atom stereocenters. The Bertz CT molecular complexity index is 381. The van der Waals surface area contributed by atoms with Crippen LogP contribution in [0.2, 0.25) is 10.4 Å². The van der Waals surface area contributed by atoms with E-state index in [0.29, 0.717) is 0 Å². The van der Waals surface area contributed by atoms with Crippen LogP contribution in [0.4, 0.5) is 0 Å². The van der Waals surface area contributed by atoms with Crippen molar-refractivity contribution in [3.8, 4) is 0 Å². The normalized spacial score (nSPS) is 11.4. The third-order valence-corrected chi connectivity index (χ3v) is 2.30. The largest absolute Gasteiger partial charge is 0.264 e. The molecule has 0 radical (unpaired) electrons. The number of nitrogens with zero attached hydrogens (tertiary/aromatic N) is 3. The van der Waals surface area contributed by atoms with Gasteiger partial charge in [0, 0.05) is 25.0 Å². The Balaban J connectivity index is 3.26. The molecule has 1 aromatic heterocycles. The van der Waals surface area contributed by atoms with Crippen molar-refractivity contribution in [1.29, 1.82) is 0 Å². The minimum absolute atomic E-state index is 0.00620. The first-order valence-electron chi connectivity index (χ1n) is 3.68. The van der Waals surface area contributed by atoms with Crippen LogP contribution in [0.3, 0.4) is 0 Å². The molecule has 0 spiro atoms. The Hall–Kier alpha value is -0.940. The summed E-state index contributed by atoms with van der Waals surface area (Å²) >= 11 is 11.2. The van der Waals surface area contributed by atoms with E-state index in [0.717, 1.165) is 0 Å². The highest BCUT2D eigenvalue weighted by atomic mass is 35.5. The summed E-state index contributed by atoms with van der Waals surface area (Å²) in [6.07, 6.45) is 1.26. The summed E-state index contributed by atoms with van der Waals surface area (Å²) in [6, 6.07) is 0. The summed E-state index contributed by atoms with van der Waals surface area (Å²) in [5, 5.41) is 10.7. The van der Waals surface area contributed by atoms with Crippen molar-refractivity contribution in [1.82, 2.24) is 9.97 Å². The first-order valence-corrected chi connectivity index (χ1v) is 4.44. The fourth-order valence-electron chi connectivity index (χ4n) is 0.850. The molecule has 0 aliphatic heterocycles. The molecule has 1 heterocycles. The highest BCUT2D eigenvalue weighted by Crippen LogP contribution is 2.28. The smallest absolute Gasteiger partial charge is 0.246 e. The summed E-state index contributed by atoms with van der Waals surface area (Å²) in [5.74, 6) is 0. The molecule has 1 aromatic rings. The van der Waals surface area contributed by atoms with Crippen LogP contribution in [0.15, 0.2) is 6.20 Å². The lowest BCUT2D eigenvalue weighted by Crippen LogP contribution is -2.28. The molecule has 5 nitrogen and oxygen atoms in total. The molecule has 7 heteroatoms. The highest BCUT2D eigenvalue weighted by Gasteiger charge is 2.36. The average molecular weight is 236 g/mol. The molecular formula is C7H7Cl2N3O2. The molecule has 1 rings (SSSR count). The molecule has 0 unspecified atom stereocenters. The summed E-state index contributed by atoms with van der Waals surface area (Å²) < 4.78 is 0. The van der Waals surface area contributed by atoms with E-state index in [1.807, 2.05) is 0 Å². The van der Waals surface area contributed by atoms with E-state index < -0.39 is 10.5 Å². The molecule has 0 amide bonds. The third kappa shape index (κ3) is 1.93. The minimum Gasteiger partial charge on any atom is -0.264 e. The van der Waals surface area contributed by atoms with Crippen molar-refractivity contribution in [3.05, 3.63) is 32.3 Å². The maximum Gasteiger partial charge on any atom is 0.246 e. The van der Waals surface area contributed by atoms with E-state index >= 15 is 0 Å². The fourth-order valence-corrected chi connectivity index (χ4v) is 1.39. The summed E-state index contributed by atoms with van der Waals surface area (Å²) in [4.78, 5) is 17.6. The van der Waals surface area contributed by atoms with E-state index in [1.54, 1.807) is 0 Å². The maximum absolute atomic E-state index is 10.7. The van der Waals surface area contributed by atoms with Gasteiger partial charge in [0.2, 0.25) is 10.8 Å². The van der Waals surface area contributed by atoms with Crippen LogP contribution < -0.4 is 0 Å². The summed E-state index contributed by atoms with van der Waals surface area (Å²) in [6.45, 7) is 2.84. The first-order chi connectivity index (χ1) is 6.35. The Morgan fingerprint density at radius 3 is 2.50 bits per heavy atom. The van der Waals surface area contributed by atoms with Gasteiger partial charge in [-0.25, -0.2) is 9.97 Å². The van der Waals surface area contributed by atoms with Crippen molar-refractivity contribution >= 4 is 23.2 Å². The fraction of sp³-hybridized carbons (Fsp3) is 0.429. The molecule has 0 aromatic carbocycles. The number of hydrogen-bond acceptors (Lipinski definition) is 4. The van der Waals surface area contributed by atoms with Crippen LogP contribution in [-0.2, 0) is 5.54 Å². The second-order valence-electron chi connectivity index (χ2n) is 3.16. The maximum atomic E-state index is 10.7. The Labute approximate surface area is 90.2 Å². The second-order valence-corrected chi connectivity index (χ2v) is 3.86. The van der Waals surface area contributed by atoms with Crippen LogP contribution in [0.1, 0.15) is 19.4 Å². The summed E-state index contributed by atoms with van der Waals surface area (Å²) in [7, 11) is 0. The molecule has 0 saturated carbocycles. The van der Waals surface area contributed by atoms with Gasteiger partial charge < -0.3 is 0 Å². The quantitative estimate of drug-likeness (QED) is 0.342. The predicted molar refractivity (Wildman–Crippen MR) is 52.1 cm³/mol. The average Bonchev–Trinajstić information content (AvgIpc) is 2.02. The third-order valence-electron chi connectivity index (χ3n) is 1.83. The molecule has 0 fully saturated rings. The van der Waals surface area contributed by atoms with E-state index in [9.17, 15) is 10.1 Å². The van der Waals surface area contributed by atoms with Crippen molar-refractivity contribution in [2.24, 2.45) is 0 Å². The SMILES string of the molecule is CC(C)(c1cnc(Cl)nc1Cl)[N+](=O)[O-]. The van der Waals surface area contributed by atoms with Crippen LogP contribution in [-0.4, -0.2) is 14.9 Å². The number of nitro groups is 1. The standard InChI is InChI=1S/C7H7Cl2N3O2/c1-7(2,12(13)14)4-3-10-6(9)11-5(4)8/h3H,1-2H3. The van der Waals surface area contributed by atoms with E-state index in [4.69, 9.17) is 23.2 Å². The zero-order valence-corrected chi connectivity index (χ0v) is 9.00. The molecule has 0 saturated heterocycles. The van der Waals surface area contributed by atoms with Crippen LogP contribution in [0.25, 0.3) is 0 Å². The monoisotopic (exact) mass is 235 g/mol. The van der Waals surface area contributed by atoms with Gasteiger partial charge in [-0.3, -0.25) is 10.1 Å². The van der Waals surface area contributed by atoms with Crippen molar-refractivity contribution < 1.29 is 4.92 Å². The Kier molecular flexibility index (Phi) is 2.92. The van der Waals surface area contributed by atoms with Crippen LogP contribution in [0, 0.1) is 10.1 Å². The topological polar surface area (TPSA) is 68.9 Å². The van der Waals surface area contributed by atoms with Gasteiger partial charge in [-0.2, -0.15) is 0 Å². The van der Waals surface area contributed by atoms with Gasteiger partial charge in [-0.05, 0) is 11.6 Å². The van der Waals surface area contributed by atoms with Crippen molar-refractivity contribution in [3.63, 3.8) is 0 Å². The lowest BCUT2D eigenvalue weighted by molar-refractivity contribution is -0.569. The van der Waals surface area contributed by atoms with E-state index in [2.05, 4.69) is 9.97 Å². The zero-order chi connectivity index (χ0) is 10.9.